The number of hydrogen-bond acceptors (Lipinski definition) is 2. The van der Waals surface area contributed by atoms with Crippen molar-refractivity contribution in [1.82, 2.24) is 10.2 Å². The molecule has 0 unspecified atom stereocenters. The van der Waals surface area contributed by atoms with E-state index in [0.717, 1.165) is 32.5 Å². The summed E-state index contributed by atoms with van der Waals surface area (Å²) < 4.78 is 0. The number of carbonyl (C=O) groups excluding carboxylic acids is 1. The molecule has 1 N–H and O–H groups in total. The van der Waals surface area contributed by atoms with E-state index in [0.29, 0.717) is 17.9 Å². The quantitative estimate of drug-likeness (QED) is 0.792. The van der Waals surface area contributed by atoms with Gasteiger partial charge in [0, 0.05) is 18.5 Å². The van der Waals surface area contributed by atoms with E-state index in [1.807, 2.05) is 0 Å². The fourth-order valence-corrected chi connectivity index (χ4v) is 3.11. The van der Waals surface area contributed by atoms with Crippen LogP contribution in [0, 0.1) is 5.92 Å². The van der Waals surface area contributed by atoms with Crippen LogP contribution in [0.4, 0.5) is 0 Å². The summed E-state index contributed by atoms with van der Waals surface area (Å²) >= 11 is 0. The topological polar surface area (TPSA) is 32.3 Å². The number of piperidine rings is 1. The first-order valence-electron chi connectivity index (χ1n) is 6.84. The smallest absolute Gasteiger partial charge is 0.226 e. The Morgan fingerprint density at radius 2 is 1.81 bits per heavy atom. The highest BCUT2D eigenvalue weighted by atomic mass is 16.2. The van der Waals surface area contributed by atoms with Crippen LogP contribution in [-0.2, 0) is 4.79 Å². The Morgan fingerprint density at radius 1 is 1.19 bits per heavy atom. The van der Waals surface area contributed by atoms with Gasteiger partial charge in [-0.3, -0.25) is 4.79 Å². The molecule has 2 aliphatic rings. The molecule has 3 nitrogen and oxygen atoms in total. The van der Waals surface area contributed by atoms with Gasteiger partial charge in [-0.1, -0.05) is 12.8 Å². The van der Waals surface area contributed by atoms with Gasteiger partial charge in [-0.25, -0.2) is 0 Å². The van der Waals surface area contributed by atoms with E-state index < -0.39 is 0 Å². The maximum absolute atomic E-state index is 12.4. The molecule has 0 aromatic rings. The minimum Gasteiger partial charge on any atom is -0.340 e. The lowest BCUT2D eigenvalue weighted by atomic mass is 9.95. The molecule has 0 aromatic carbocycles. The molecular weight excluding hydrogens is 200 g/mol. The highest BCUT2D eigenvalue weighted by molar-refractivity contribution is 5.79. The first-order chi connectivity index (χ1) is 7.83. The Bertz CT molecular complexity index is 230. The Labute approximate surface area is 98.6 Å². The van der Waals surface area contributed by atoms with Gasteiger partial charge >= 0.3 is 0 Å². The highest BCUT2D eigenvalue weighted by Gasteiger charge is 2.30. The molecule has 0 radical (unpaired) electrons. The van der Waals surface area contributed by atoms with Crippen LogP contribution in [-0.4, -0.2) is 36.5 Å². The van der Waals surface area contributed by atoms with Crippen molar-refractivity contribution in [3.8, 4) is 0 Å². The van der Waals surface area contributed by atoms with E-state index in [-0.39, 0.29) is 0 Å². The Balaban J connectivity index is 1.93. The molecule has 1 aliphatic carbocycles. The molecule has 2 fully saturated rings. The fourth-order valence-electron chi connectivity index (χ4n) is 3.11. The highest BCUT2D eigenvalue weighted by Crippen LogP contribution is 2.26. The van der Waals surface area contributed by atoms with Gasteiger partial charge in [0.05, 0.1) is 0 Å². The summed E-state index contributed by atoms with van der Waals surface area (Å²) in [6, 6.07) is 0.549. The summed E-state index contributed by atoms with van der Waals surface area (Å²) in [6.45, 7) is 5.04. The molecule has 1 saturated heterocycles. The van der Waals surface area contributed by atoms with Crippen molar-refractivity contribution in [2.24, 2.45) is 5.92 Å². The van der Waals surface area contributed by atoms with Crippen LogP contribution in [0.15, 0.2) is 0 Å². The third-order valence-electron chi connectivity index (χ3n) is 4.08. The van der Waals surface area contributed by atoms with Crippen LogP contribution in [0.5, 0.6) is 0 Å². The lowest BCUT2D eigenvalue weighted by Gasteiger charge is -2.33. The van der Waals surface area contributed by atoms with Gasteiger partial charge in [0.25, 0.3) is 0 Å². The Morgan fingerprint density at radius 3 is 2.38 bits per heavy atom. The van der Waals surface area contributed by atoms with Crippen LogP contribution in [0.3, 0.4) is 0 Å². The molecule has 0 atom stereocenters. The zero-order chi connectivity index (χ0) is 11.4. The molecule has 1 amide bonds. The molecule has 3 heteroatoms. The van der Waals surface area contributed by atoms with Crippen molar-refractivity contribution >= 4 is 5.91 Å². The summed E-state index contributed by atoms with van der Waals surface area (Å²) in [7, 11) is 0. The molecule has 0 aromatic heterocycles. The predicted molar refractivity (Wildman–Crippen MR) is 65.2 cm³/mol. The molecule has 0 spiro atoms. The molecule has 0 bridgehead atoms. The number of amides is 1. The average Bonchev–Trinajstić information content (AvgIpc) is 2.85. The second-order valence-electron chi connectivity index (χ2n) is 5.09. The van der Waals surface area contributed by atoms with Crippen molar-refractivity contribution in [2.45, 2.75) is 51.5 Å². The molecule has 1 aliphatic heterocycles. The average molecular weight is 224 g/mol. The lowest BCUT2D eigenvalue weighted by Crippen LogP contribution is -2.45. The standard InChI is InChI=1S/C13H24N2O/c1-2-15(12-5-3-4-6-12)13(16)11-7-9-14-10-8-11/h11-12,14H,2-10H2,1H3. The molecule has 1 saturated carbocycles. The molecule has 1 heterocycles. The van der Waals surface area contributed by atoms with E-state index in [2.05, 4.69) is 17.1 Å². The fraction of sp³-hybridized carbons (Fsp3) is 0.923. The molecule has 2 rings (SSSR count). The Hall–Kier alpha value is -0.570. The van der Waals surface area contributed by atoms with Crippen LogP contribution in [0.2, 0.25) is 0 Å². The van der Waals surface area contributed by atoms with E-state index in [9.17, 15) is 4.79 Å². The second-order valence-corrected chi connectivity index (χ2v) is 5.09. The number of rotatable bonds is 3. The SMILES string of the molecule is CCN(C(=O)C1CCNCC1)C1CCCC1. The zero-order valence-corrected chi connectivity index (χ0v) is 10.4. The summed E-state index contributed by atoms with van der Waals surface area (Å²) in [5, 5.41) is 3.33. The monoisotopic (exact) mass is 224 g/mol. The summed E-state index contributed by atoms with van der Waals surface area (Å²) in [6.07, 6.45) is 7.13. The predicted octanol–water partition coefficient (Wildman–Crippen LogP) is 1.78. The van der Waals surface area contributed by atoms with Crippen LogP contribution in [0.1, 0.15) is 45.4 Å². The number of hydrogen-bond donors (Lipinski definition) is 1. The van der Waals surface area contributed by atoms with Crippen molar-refractivity contribution < 1.29 is 4.79 Å². The number of nitrogens with one attached hydrogen (secondary N) is 1. The van der Waals surface area contributed by atoms with Crippen molar-refractivity contribution in [2.75, 3.05) is 19.6 Å². The van der Waals surface area contributed by atoms with Gasteiger partial charge < -0.3 is 10.2 Å². The first-order valence-corrected chi connectivity index (χ1v) is 6.84. The van der Waals surface area contributed by atoms with Crippen LogP contribution < -0.4 is 5.32 Å². The molecule has 16 heavy (non-hydrogen) atoms. The van der Waals surface area contributed by atoms with Gasteiger partial charge in [-0.05, 0) is 45.7 Å². The Kier molecular flexibility index (Phi) is 4.22. The minimum atomic E-state index is 0.293. The van der Waals surface area contributed by atoms with Crippen LogP contribution in [0.25, 0.3) is 0 Å². The third-order valence-corrected chi connectivity index (χ3v) is 4.08. The van der Waals surface area contributed by atoms with Gasteiger partial charge in [-0.15, -0.1) is 0 Å². The minimum absolute atomic E-state index is 0.293. The van der Waals surface area contributed by atoms with Crippen molar-refractivity contribution in [3.63, 3.8) is 0 Å². The van der Waals surface area contributed by atoms with Crippen molar-refractivity contribution in [1.29, 1.82) is 0 Å². The zero-order valence-electron chi connectivity index (χ0n) is 10.4. The summed E-state index contributed by atoms with van der Waals surface area (Å²) in [5.74, 6) is 0.720. The van der Waals surface area contributed by atoms with E-state index in [4.69, 9.17) is 0 Å². The number of carbonyl (C=O) groups is 1. The largest absolute Gasteiger partial charge is 0.340 e. The molecule has 92 valence electrons. The van der Waals surface area contributed by atoms with E-state index in [1.165, 1.54) is 25.7 Å². The van der Waals surface area contributed by atoms with Gasteiger partial charge in [-0.2, -0.15) is 0 Å². The summed E-state index contributed by atoms with van der Waals surface area (Å²) in [4.78, 5) is 14.6. The van der Waals surface area contributed by atoms with E-state index in [1.54, 1.807) is 0 Å². The third kappa shape index (κ3) is 2.57. The van der Waals surface area contributed by atoms with Gasteiger partial charge in [0.2, 0.25) is 5.91 Å². The van der Waals surface area contributed by atoms with E-state index >= 15 is 0 Å². The van der Waals surface area contributed by atoms with Crippen molar-refractivity contribution in [3.05, 3.63) is 0 Å². The molecular formula is C13H24N2O. The normalized spacial score (nSPS) is 23.6. The maximum Gasteiger partial charge on any atom is 0.226 e. The first kappa shape index (κ1) is 11.9. The van der Waals surface area contributed by atoms with Gasteiger partial charge in [0.1, 0.15) is 0 Å². The summed E-state index contributed by atoms with van der Waals surface area (Å²) in [5.41, 5.74) is 0. The van der Waals surface area contributed by atoms with Gasteiger partial charge in [0.15, 0.2) is 0 Å². The number of nitrogens with zero attached hydrogens (tertiary/aromatic N) is 1. The second kappa shape index (κ2) is 5.67. The lowest BCUT2D eigenvalue weighted by molar-refractivity contribution is -0.138. The van der Waals surface area contributed by atoms with Crippen LogP contribution >= 0.6 is 0 Å². The maximum atomic E-state index is 12.4.